The number of aliphatic carboxylic acids is 1. The summed E-state index contributed by atoms with van der Waals surface area (Å²) in [4.78, 5) is 11.7. The first-order valence-electron chi connectivity index (χ1n) is 7.82. The highest BCUT2D eigenvalue weighted by atomic mass is 19.1. The number of hydrogen-bond acceptors (Lipinski definition) is 4. The summed E-state index contributed by atoms with van der Waals surface area (Å²) in [6.45, 7) is 3.37. The number of nitrogens with two attached hydrogens (primary N) is 1. The molecule has 0 aliphatic heterocycles. The van der Waals surface area contributed by atoms with Gasteiger partial charge in [0.05, 0.1) is 5.92 Å². The molecule has 1 aromatic carbocycles. The summed E-state index contributed by atoms with van der Waals surface area (Å²) < 4.78 is 14.3. The highest BCUT2D eigenvalue weighted by Crippen LogP contribution is 2.42. The van der Waals surface area contributed by atoms with Gasteiger partial charge in [0.15, 0.2) is 0 Å². The largest absolute Gasteiger partial charge is 0.481 e. The Morgan fingerprint density at radius 2 is 2.09 bits per heavy atom. The second kappa shape index (κ2) is 6.59. The summed E-state index contributed by atoms with van der Waals surface area (Å²) >= 11 is 0. The molecule has 0 radical (unpaired) electrons. The lowest BCUT2D eigenvalue weighted by Crippen LogP contribution is -2.30. The standard InChI is InChI=1S/C16H23BFNO4/c1-16(2,19)12-8-11-10(7-13(12)18)6-9(14(11)15(20)21)4-3-5-17(22)23/h7-9,14,22-23H,3-6,19H2,1-2H3,(H,20,21)/t9-,14-/m0/s1. The average Bonchev–Trinajstić information content (AvgIpc) is 2.73. The number of carboxylic acids is 1. The minimum absolute atomic E-state index is 0.170. The van der Waals surface area contributed by atoms with Gasteiger partial charge in [0.1, 0.15) is 5.82 Å². The van der Waals surface area contributed by atoms with E-state index in [1.54, 1.807) is 19.9 Å². The second-order valence-electron chi connectivity index (χ2n) is 6.94. The van der Waals surface area contributed by atoms with Crippen molar-refractivity contribution >= 4 is 13.1 Å². The van der Waals surface area contributed by atoms with Crippen molar-refractivity contribution in [1.29, 1.82) is 0 Å². The molecule has 2 rings (SSSR count). The van der Waals surface area contributed by atoms with Gasteiger partial charge in [0.25, 0.3) is 0 Å². The van der Waals surface area contributed by atoms with Gasteiger partial charge in [-0.1, -0.05) is 6.42 Å². The SMILES string of the molecule is CC(C)(N)c1cc2c(cc1F)C[C@H](CCCB(O)O)[C@@H]2C(=O)O. The van der Waals surface area contributed by atoms with Gasteiger partial charge < -0.3 is 20.9 Å². The van der Waals surface area contributed by atoms with Crippen LogP contribution in [0.5, 0.6) is 0 Å². The van der Waals surface area contributed by atoms with Crippen LogP contribution in [0.4, 0.5) is 4.39 Å². The first kappa shape index (κ1) is 17.9. The fourth-order valence-electron chi connectivity index (χ4n) is 3.41. The number of carboxylic acid groups (broad SMARTS) is 1. The summed E-state index contributed by atoms with van der Waals surface area (Å²) in [5, 5.41) is 27.4. The average molecular weight is 323 g/mol. The Morgan fingerprint density at radius 3 is 2.61 bits per heavy atom. The van der Waals surface area contributed by atoms with Crippen molar-refractivity contribution in [2.45, 2.75) is 50.9 Å². The molecule has 1 aliphatic rings. The predicted octanol–water partition coefficient (Wildman–Crippen LogP) is 1.61. The van der Waals surface area contributed by atoms with E-state index < -0.39 is 30.4 Å². The maximum absolute atomic E-state index is 14.3. The maximum atomic E-state index is 14.3. The third kappa shape index (κ3) is 3.91. The third-order valence-corrected chi connectivity index (χ3v) is 4.51. The normalized spacial score (nSPS) is 20.4. The summed E-state index contributed by atoms with van der Waals surface area (Å²) in [6.07, 6.45) is 1.74. The Bertz CT molecular complexity index is 600. The van der Waals surface area contributed by atoms with Crippen LogP contribution in [-0.2, 0) is 16.8 Å². The first-order chi connectivity index (χ1) is 10.6. The molecule has 0 bridgehead atoms. The zero-order valence-corrected chi connectivity index (χ0v) is 13.4. The molecular weight excluding hydrogens is 300 g/mol. The van der Waals surface area contributed by atoms with E-state index in [4.69, 9.17) is 15.8 Å². The van der Waals surface area contributed by atoms with Gasteiger partial charge in [0, 0.05) is 11.1 Å². The van der Waals surface area contributed by atoms with Gasteiger partial charge in [-0.2, -0.15) is 0 Å². The Labute approximate surface area is 135 Å². The van der Waals surface area contributed by atoms with Crippen LogP contribution in [0.2, 0.25) is 6.32 Å². The molecule has 2 atom stereocenters. The van der Waals surface area contributed by atoms with E-state index in [9.17, 15) is 14.3 Å². The summed E-state index contributed by atoms with van der Waals surface area (Å²) in [6, 6.07) is 2.99. The molecule has 0 saturated carbocycles. The maximum Gasteiger partial charge on any atom is 0.451 e. The molecule has 5 nitrogen and oxygen atoms in total. The van der Waals surface area contributed by atoms with Gasteiger partial charge in [-0.3, -0.25) is 4.79 Å². The lowest BCUT2D eigenvalue weighted by atomic mass is 9.80. The summed E-state index contributed by atoms with van der Waals surface area (Å²) in [7, 11) is -1.39. The van der Waals surface area contributed by atoms with Crippen molar-refractivity contribution in [3.63, 3.8) is 0 Å². The first-order valence-corrected chi connectivity index (χ1v) is 7.82. The zero-order valence-electron chi connectivity index (χ0n) is 13.4. The quantitative estimate of drug-likeness (QED) is 0.596. The van der Waals surface area contributed by atoms with Crippen LogP contribution >= 0.6 is 0 Å². The van der Waals surface area contributed by atoms with Crippen LogP contribution in [-0.4, -0.2) is 28.2 Å². The number of hydrogen-bond donors (Lipinski definition) is 4. The minimum Gasteiger partial charge on any atom is -0.481 e. The number of benzene rings is 1. The van der Waals surface area contributed by atoms with Crippen LogP contribution in [0.3, 0.4) is 0 Å². The van der Waals surface area contributed by atoms with Crippen LogP contribution in [0.25, 0.3) is 0 Å². The molecular formula is C16H23BFNO4. The van der Waals surface area contributed by atoms with Crippen molar-refractivity contribution in [3.05, 3.63) is 34.6 Å². The number of rotatable bonds is 6. The number of carbonyl (C=O) groups is 1. The van der Waals surface area contributed by atoms with Gasteiger partial charge in [-0.05, 0) is 62.2 Å². The molecule has 0 heterocycles. The Balaban J connectivity index is 2.31. The Kier molecular flexibility index (Phi) is 5.13. The van der Waals surface area contributed by atoms with E-state index in [-0.39, 0.29) is 12.2 Å². The van der Waals surface area contributed by atoms with Gasteiger partial charge in [-0.25, -0.2) is 4.39 Å². The summed E-state index contributed by atoms with van der Waals surface area (Å²) in [5.41, 5.74) is 6.74. The molecule has 126 valence electrons. The van der Waals surface area contributed by atoms with Gasteiger partial charge >= 0.3 is 13.1 Å². The van der Waals surface area contributed by atoms with Crippen LogP contribution in [0.15, 0.2) is 12.1 Å². The molecule has 0 fully saturated rings. The fourth-order valence-corrected chi connectivity index (χ4v) is 3.41. The molecule has 0 saturated heterocycles. The molecule has 7 heteroatoms. The van der Waals surface area contributed by atoms with E-state index in [0.717, 1.165) is 0 Å². The highest BCUT2D eigenvalue weighted by molar-refractivity contribution is 6.40. The van der Waals surface area contributed by atoms with Gasteiger partial charge in [0.2, 0.25) is 0 Å². The van der Waals surface area contributed by atoms with Gasteiger partial charge in [-0.15, -0.1) is 0 Å². The highest BCUT2D eigenvalue weighted by Gasteiger charge is 2.39. The lowest BCUT2D eigenvalue weighted by Gasteiger charge is -2.22. The van der Waals surface area contributed by atoms with E-state index >= 15 is 0 Å². The van der Waals surface area contributed by atoms with Crippen molar-refractivity contribution in [2.75, 3.05) is 0 Å². The second-order valence-corrected chi connectivity index (χ2v) is 6.94. The third-order valence-electron chi connectivity index (χ3n) is 4.51. The van der Waals surface area contributed by atoms with Crippen LogP contribution in [0, 0.1) is 11.7 Å². The van der Waals surface area contributed by atoms with Crippen molar-refractivity contribution in [3.8, 4) is 0 Å². The molecule has 0 aromatic heterocycles. The van der Waals surface area contributed by atoms with Crippen LogP contribution < -0.4 is 5.73 Å². The van der Waals surface area contributed by atoms with Crippen molar-refractivity contribution in [2.24, 2.45) is 11.7 Å². The van der Waals surface area contributed by atoms with E-state index in [1.165, 1.54) is 6.07 Å². The molecule has 1 aromatic rings. The van der Waals surface area contributed by atoms with E-state index in [1.807, 2.05) is 0 Å². The smallest absolute Gasteiger partial charge is 0.451 e. The molecule has 0 spiro atoms. The number of halogens is 1. The molecule has 0 unspecified atom stereocenters. The summed E-state index contributed by atoms with van der Waals surface area (Å²) in [5.74, 6) is -2.23. The van der Waals surface area contributed by atoms with E-state index in [2.05, 4.69) is 0 Å². The van der Waals surface area contributed by atoms with E-state index in [0.29, 0.717) is 36.0 Å². The van der Waals surface area contributed by atoms with Crippen molar-refractivity contribution < 1.29 is 24.3 Å². The molecule has 5 N–H and O–H groups in total. The monoisotopic (exact) mass is 323 g/mol. The lowest BCUT2D eigenvalue weighted by molar-refractivity contribution is -0.139. The molecule has 0 amide bonds. The topological polar surface area (TPSA) is 104 Å². The van der Waals surface area contributed by atoms with Crippen molar-refractivity contribution in [1.82, 2.24) is 0 Å². The molecule has 23 heavy (non-hydrogen) atoms. The molecule has 1 aliphatic carbocycles. The Hall–Kier alpha value is -1.44. The number of fused-ring (bicyclic) bond motifs is 1. The fraction of sp³-hybridized carbons (Fsp3) is 0.562. The zero-order chi connectivity index (χ0) is 17.4. The minimum atomic E-state index is -1.39. The van der Waals surface area contributed by atoms with Crippen LogP contribution in [0.1, 0.15) is 49.3 Å². The Morgan fingerprint density at radius 1 is 1.43 bits per heavy atom. The predicted molar refractivity (Wildman–Crippen MR) is 85.4 cm³/mol.